The zero-order valence-electron chi connectivity index (χ0n) is 28.3. The Bertz CT molecular complexity index is 1050. The van der Waals surface area contributed by atoms with Crippen LogP contribution in [0.25, 0.3) is 0 Å². The number of carbonyl (C=O) groups excluding carboxylic acids is 6. The van der Waals surface area contributed by atoms with E-state index in [9.17, 15) is 38.7 Å². The number of carboxylic acid groups (broad SMARTS) is 1. The number of likely N-dealkylation sites (N-methyl/N-ethyl adjacent to an activating group) is 1. The Hall–Kier alpha value is -3.87. The zero-order valence-corrected chi connectivity index (χ0v) is 28.3. The van der Waals surface area contributed by atoms with Gasteiger partial charge in [0.2, 0.25) is 35.4 Å². The van der Waals surface area contributed by atoms with Gasteiger partial charge in [0.05, 0.1) is 18.6 Å². The first kappa shape index (κ1) is 44.1. The molecule has 0 aliphatic rings. The molecule has 18 nitrogen and oxygen atoms in total. The monoisotopic (exact) mass is 687 g/mol. The number of aliphatic hydroxyl groups excluding tert-OH is 1. The number of aliphatic hydroxyl groups is 1. The highest BCUT2D eigenvalue weighted by Crippen LogP contribution is 2.07. The SMILES string of the molecule is CCCCC(NCC(CCC(N)=O)NC(=O)C(CCCN)NC(=O)C(NC(=O)CCC(=O)O)C(C)O)C(=O)NC(CCCN)C(=O)NC. The van der Waals surface area contributed by atoms with E-state index >= 15 is 0 Å². The molecule has 6 amide bonds. The highest BCUT2D eigenvalue weighted by Gasteiger charge is 2.31. The molecule has 48 heavy (non-hydrogen) atoms. The van der Waals surface area contributed by atoms with E-state index < -0.39 is 84.7 Å². The van der Waals surface area contributed by atoms with Crippen molar-refractivity contribution < 1.29 is 43.8 Å². The Balaban J connectivity index is 5.88. The van der Waals surface area contributed by atoms with Gasteiger partial charge in [-0.2, -0.15) is 0 Å². The van der Waals surface area contributed by atoms with Crippen molar-refractivity contribution in [2.45, 2.75) is 121 Å². The number of unbranched alkanes of at least 4 members (excludes halogenated alkanes) is 1. The lowest BCUT2D eigenvalue weighted by Gasteiger charge is -2.28. The van der Waals surface area contributed by atoms with Crippen LogP contribution in [0.3, 0.4) is 0 Å². The van der Waals surface area contributed by atoms with Crippen LogP contribution >= 0.6 is 0 Å². The van der Waals surface area contributed by atoms with Crippen LogP contribution in [-0.4, -0.2) is 115 Å². The van der Waals surface area contributed by atoms with Crippen molar-refractivity contribution in [3.63, 3.8) is 0 Å². The predicted molar refractivity (Wildman–Crippen MR) is 177 cm³/mol. The quantitative estimate of drug-likeness (QED) is 0.0407. The van der Waals surface area contributed by atoms with E-state index in [0.29, 0.717) is 38.6 Å². The molecule has 0 aliphatic carbocycles. The first-order valence-corrected chi connectivity index (χ1v) is 16.4. The van der Waals surface area contributed by atoms with Crippen molar-refractivity contribution in [1.82, 2.24) is 31.9 Å². The van der Waals surface area contributed by atoms with E-state index in [1.807, 2.05) is 6.92 Å². The van der Waals surface area contributed by atoms with Gasteiger partial charge in [-0.25, -0.2) is 0 Å². The third-order valence-corrected chi connectivity index (χ3v) is 7.41. The number of amides is 6. The number of carbonyl (C=O) groups is 7. The van der Waals surface area contributed by atoms with Crippen LogP contribution in [0.2, 0.25) is 0 Å². The molecule has 0 radical (unpaired) electrons. The topological polar surface area (TPSA) is 310 Å². The summed E-state index contributed by atoms with van der Waals surface area (Å²) in [6.45, 7) is 3.77. The molecule has 18 heteroatoms. The fourth-order valence-electron chi connectivity index (χ4n) is 4.62. The summed E-state index contributed by atoms with van der Waals surface area (Å²) < 4.78 is 0. The van der Waals surface area contributed by atoms with Gasteiger partial charge >= 0.3 is 5.97 Å². The molecule has 276 valence electrons. The number of nitrogens with one attached hydrogen (secondary N) is 6. The Morgan fingerprint density at radius 3 is 1.73 bits per heavy atom. The number of rotatable bonds is 27. The molecule has 14 N–H and O–H groups in total. The second-order valence-electron chi connectivity index (χ2n) is 11.6. The maximum atomic E-state index is 13.5. The van der Waals surface area contributed by atoms with Gasteiger partial charge in [0.15, 0.2) is 0 Å². The minimum absolute atomic E-state index is 0.0295. The number of hydrogen-bond donors (Lipinski definition) is 11. The van der Waals surface area contributed by atoms with Crippen LogP contribution in [0.4, 0.5) is 0 Å². The maximum absolute atomic E-state index is 13.5. The molecule has 0 heterocycles. The van der Waals surface area contributed by atoms with Gasteiger partial charge in [-0.15, -0.1) is 0 Å². The van der Waals surface area contributed by atoms with Gasteiger partial charge in [-0.05, 0) is 58.5 Å². The number of carboxylic acids is 1. The van der Waals surface area contributed by atoms with Crippen LogP contribution in [-0.2, 0) is 33.6 Å². The summed E-state index contributed by atoms with van der Waals surface area (Å²) in [5, 5.41) is 35.0. The standard InChI is InChI=1S/C30H57N9O9/c1-4-5-8-20(28(46)37-21(9-6-15-31)27(45)34-3)35-17-19(11-12-23(33)41)36-29(47)22(10-7-16-32)38-30(48)26(18(2)40)39-24(42)13-14-25(43)44/h18-22,26,35,40H,4-17,31-32H2,1-3H3,(H2,33,41)(H,34,45)(H,36,47)(H,37,46)(H,38,48)(H,39,42)(H,43,44). The van der Waals surface area contributed by atoms with Gasteiger partial charge in [0.25, 0.3) is 0 Å². The lowest BCUT2D eigenvalue weighted by Crippen LogP contribution is -2.59. The Kier molecular flexibility index (Phi) is 23.2. The van der Waals surface area contributed by atoms with Crippen molar-refractivity contribution >= 4 is 41.4 Å². The van der Waals surface area contributed by atoms with E-state index in [-0.39, 0.29) is 38.3 Å². The predicted octanol–water partition coefficient (Wildman–Crippen LogP) is -3.19. The third-order valence-electron chi connectivity index (χ3n) is 7.41. The van der Waals surface area contributed by atoms with Crippen LogP contribution < -0.4 is 49.1 Å². The Morgan fingerprint density at radius 1 is 0.688 bits per heavy atom. The first-order valence-electron chi connectivity index (χ1n) is 16.4. The minimum atomic E-state index is -1.48. The smallest absolute Gasteiger partial charge is 0.303 e. The Labute approximate surface area is 281 Å². The number of nitrogens with two attached hydrogens (primary N) is 3. The summed E-state index contributed by atoms with van der Waals surface area (Å²) in [6, 6.07) is -4.90. The molecule has 0 fully saturated rings. The lowest BCUT2D eigenvalue weighted by atomic mass is 10.0. The van der Waals surface area contributed by atoms with Gasteiger partial charge in [0.1, 0.15) is 18.1 Å². The summed E-state index contributed by atoms with van der Waals surface area (Å²) in [5.74, 6) is -4.91. The average Bonchev–Trinajstić information content (AvgIpc) is 3.03. The van der Waals surface area contributed by atoms with Gasteiger partial charge in [-0.3, -0.25) is 33.6 Å². The van der Waals surface area contributed by atoms with E-state index in [2.05, 4.69) is 31.9 Å². The van der Waals surface area contributed by atoms with Gasteiger partial charge in [0, 0.05) is 32.5 Å². The summed E-state index contributed by atoms with van der Waals surface area (Å²) >= 11 is 0. The highest BCUT2D eigenvalue weighted by molar-refractivity contribution is 5.93. The van der Waals surface area contributed by atoms with Crippen molar-refractivity contribution in [3.8, 4) is 0 Å². The number of aliphatic carboxylic acids is 1. The zero-order chi connectivity index (χ0) is 36.6. The highest BCUT2D eigenvalue weighted by atomic mass is 16.4. The summed E-state index contributed by atoms with van der Waals surface area (Å²) in [6.07, 6.45) is 0.888. The molecule has 0 rings (SSSR count). The third kappa shape index (κ3) is 19.1. The van der Waals surface area contributed by atoms with Crippen molar-refractivity contribution in [1.29, 1.82) is 0 Å². The van der Waals surface area contributed by atoms with Gasteiger partial charge in [-0.1, -0.05) is 19.8 Å². The molecule has 0 aromatic carbocycles. The van der Waals surface area contributed by atoms with Crippen molar-refractivity contribution in [2.75, 3.05) is 26.7 Å². The summed E-state index contributed by atoms with van der Waals surface area (Å²) in [5.41, 5.74) is 16.6. The first-order chi connectivity index (χ1) is 22.7. The second-order valence-corrected chi connectivity index (χ2v) is 11.6. The van der Waals surface area contributed by atoms with Crippen LogP contribution in [0, 0.1) is 0 Å². The van der Waals surface area contributed by atoms with Crippen LogP contribution in [0.1, 0.15) is 84.5 Å². The normalized spacial score (nSPS) is 14.7. The largest absolute Gasteiger partial charge is 0.481 e. The lowest BCUT2D eigenvalue weighted by molar-refractivity contribution is -0.139. The molecule has 0 aromatic rings. The number of primary amides is 1. The van der Waals surface area contributed by atoms with E-state index in [1.165, 1.54) is 14.0 Å². The number of hydrogen-bond acceptors (Lipinski definition) is 11. The van der Waals surface area contributed by atoms with E-state index in [1.54, 1.807) is 0 Å². The van der Waals surface area contributed by atoms with E-state index in [4.69, 9.17) is 22.3 Å². The molecular weight excluding hydrogens is 630 g/mol. The molecule has 0 spiro atoms. The molecule has 6 atom stereocenters. The summed E-state index contributed by atoms with van der Waals surface area (Å²) in [7, 11) is 1.47. The fraction of sp³-hybridized carbons (Fsp3) is 0.767. The fourth-order valence-corrected chi connectivity index (χ4v) is 4.62. The molecule has 0 saturated heterocycles. The van der Waals surface area contributed by atoms with Crippen LogP contribution in [0.15, 0.2) is 0 Å². The molecular formula is C30H57N9O9. The van der Waals surface area contributed by atoms with Crippen LogP contribution in [0.5, 0.6) is 0 Å². The molecule has 6 unspecified atom stereocenters. The molecule has 0 aliphatic heterocycles. The Morgan fingerprint density at radius 2 is 1.23 bits per heavy atom. The maximum Gasteiger partial charge on any atom is 0.303 e. The van der Waals surface area contributed by atoms with E-state index in [0.717, 1.165) is 6.42 Å². The molecule has 0 aromatic heterocycles. The second kappa shape index (κ2) is 25.2. The summed E-state index contributed by atoms with van der Waals surface area (Å²) in [4.78, 5) is 86.8. The molecule has 0 bridgehead atoms. The molecule has 0 saturated carbocycles. The average molecular weight is 688 g/mol. The van der Waals surface area contributed by atoms with Gasteiger partial charge < -0.3 is 59.3 Å². The minimum Gasteiger partial charge on any atom is -0.481 e. The van der Waals surface area contributed by atoms with Crippen molar-refractivity contribution in [2.24, 2.45) is 17.2 Å². The van der Waals surface area contributed by atoms with Crippen molar-refractivity contribution in [3.05, 3.63) is 0 Å².